The maximum atomic E-state index is 12.6. The molecule has 1 aromatic carbocycles. The molecule has 2 saturated heterocycles. The monoisotopic (exact) mass is 367 g/mol. The molecule has 1 aromatic rings. The van der Waals surface area contributed by atoms with Crippen molar-refractivity contribution in [3.8, 4) is 0 Å². The molecule has 142 valence electrons. The highest BCUT2D eigenvalue weighted by molar-refractivity contribution is 6.35. The number of ether oxygens (including phenoxy) is 1. The Hall–Kier alpha value is -2.06. The average Bonchev–Trinajstić information content (AvgIpc) is 3.27. The van der Waals surface area contributed by atoms with E-state index < -0.39 is 24.5 Å². The highest BCUT2D eigenvalue weighted by Gasteiger charge is 2.40. The van der Waals surface area contributed by atoms with Crippen LogP contribution >= 0.6 is 0 Å². The van der Waals surface area contributed by atoms with Gasteiger partial charge < -0.3 is 20.3 Å². The first-order valence-electron chi connectivity index (χ1n) is 8.76. The molecule has 0 aliphatic carbocycles. The number of benzene rings is 1. The lowest BCUT2D eigenvalue weighted by Gasteiger charge is -2.21. The van der Waals surface area contributed by atoms with E-state index in [1.165, 1.54) is 9.80 Å². The van der Waals surface area contributed by atoms with Gasteiger partial charge in [-0.2, -0.15) is 8.78 Å². The topological polar surface area (TPSA) is 75.9 Å². The molecule has 0 unspecified atom stereocenters. The number of rotatable bonds is 4. The number of hydrogen-bond donors (Lipinski definition) is 1. The van der Waals surface area contributed by atoms with Crippen molar-refractivity contribution in [1.82, 2.24) is 9.80 Å². The summed E-state index contributed by atoms with van der Waals surface area (Å²) in [6, 6.07) is 9.79. The lowest BCUT2D eigenvalue weighted by atomic mass is 9.89. The van der Waals surface area contributed by atoms with Crippen molar-refractivity contribution >= 4 is 11.8 Å². The number of alkyl halides is 2. The summed E-state index contributed by atoms with van der Waals surface area (Å²) in [4.78, 5) is 27.9. The molecule has 0 radical (unpaired) electrons. The Labute approximate surface area is 150 Å². The molecule has 0 aromatic heterocycles. The van der Waals surface area contributed by atoms with Gasteiger partial charge in [-0.3, -0.25) is 9.59 Å². The van der Waals surface area contributed by atoms with Gasteiger partial charge in [0.05, 0.1) is 6.10 Å². The predicted octanol–water partition coefficient (Wildman–Crippen LogP) is 1.03. The minimum absolute atomic E-state index is 0.0190. The highest BCUT2D eigenvalue weighted by atomic mass is 19.3. The Balaban J connectivity index is 1.62. The number of likely N-dealkylation sites (tertiary alicyclic amines) is 2. The molecule has 6 nitrogen and oxygen atoms in total. The van der Waals surface area contributed by atoms with Gasteiger partial charge >= 0.3 is 18.4 Å². The van der Waals surface area contributed by atoms with Crippen molar-refractivity contribution in [1.29, 1.82) is 0 Å². The van der Waals surface area contributed by atoms with Crippen LogP contribution in [0.25, 0.3) is 0 Å². The second-order valence-electron chi connectivity index (χ2n) is 6.78. The molecule has 0 bridgehead atoms. The summed E-state index contributed by atoms with van der Waals surface area (Å²) in [5, 5.41) is 0. The molecule has 2 amide bonds. The van der Waals surface area contributed by atoms with Crippen LogP contribution in [0.2, 0.25) is 0 Å². The third kappa shape index (κ3) is 4.02. The average molecular weight is 367 g/mol. The number of halogens is 2. The van der Waals surface area contributed by atoms with Crippen LogP contribution < -0.4 is 5.73 Å². The molecule has 3 rings (SSSR count). The summed E-state index contributed by atoms with van der Waals surface area (Å²) in [7, 11) is 0. The summed E-state index contributed by atoms with van der Waals surface area (Å²) < 4.78 is 29.0. The molecule has 8 heteroatoms. The molecular weight excluding hydrogens is 344 g/mol. The van der Waals surface area contributed by atoms with Gasteiger partial charge in [0.1, 0.15) is 0 Å². The number of carbonyl (C=O) groups is 2. The van der Waals surface area contributed by atoms with Crippen LogP contribution in [0.15, 0.2) is 30.3 Å². The van der Waals surface area contributed by atoms with Crippen molar-refractivity contribution in [3.63, 3.8) is 0 Å². The van der Waals surface area contributed by atoms with E-state index in [0.29, 0.717) is 26.1 Å². The van der Waals surface area contributed by atoms with Gasteiger partial charge in [-0.05, 0) is 24.4 Å². The fourth-order valence-electron chi connectivity index (χ4n) is 3.79. The van der Waals surface area contributed by atoms with Crippen LogP contribution in [-0.4, -0.2) is 67.1 Å². The molecular formula is C18H23F2N3O3. The van der Waals surface area contributed by atoms with Gasteiger partial charge in [-0.1, -0.05) is 30.3 Å². The fourth-order valence-corrected chi connectivity index (χ4v) is 3.79. The zero-order chi connectivity index (χ0) is 18.7. The minimum atomic E-state index is -2.87. The molecule has 2 aliphatic rings. The van der Waals surface area contributed by atoms with Gasteiger partial charge in [-0.25, -0.2) is 0 Å². The van der Waals surface area contributed by atoms with E-state index in [1.807, 2.05) is 30.3 Å². The number of carbonyl (C=O) groups excluding carboxylic acids is 2. The van der Waals surface area contributed by atoms with Gasteiger partial charge in [0.2, 0.25) is 0 Å². The van der Waals surface area contributed by atoms with Crippen molar-refractivity contribution in [2.45, 2.75) is 25.1 Å². The highest BCUT2D eigenvalue weighted by Crippen LogP contribution is 2.32. The zero-order valence-corrected chi connectivity index (χ0v) is 14.4. The van der Waals surface area contributed by atoms with E-state index in [0.717, 1.165) is 5.56 Å². The van der Waals surface area contributed by atoms with Gasteiger partial charge in [0, 0.05) is 32.1 Å². The van der Waals surface area contributed by atoms with E-state index >= 15 is 0 Å². The third-order valence-electron chi connectivity index (χ3n) is 5.17. The quantitative estimate of drug-likeness (QED) is 0.807. The summed E-state index contributed by atoms with van der Waals surface area (Å²) in [5.74, 6) is -1.08. The Morgan fingerprint density at radius 3 is 2.46 bits per heavy atom. The zero-order valence-electron chi connectivity index (χ0n) is 14.4. The largest absolute Gasteiger partial charge is 0.345 e. The Kier molecular flexibility index (Phi) is 5.83. The summed E-state index contributed by atoms with van der Waals surface area (Å²) in [5.41, 5.74) is 6.96. The van der Waals surface area contributed by atoms with Crippen molar-refractivity contribution in [2.24, 2.45) is 11.7 Å². The van der Waals surface area contributed by atoms with Crippen LogP contribution in [-0.2, 0) is 14.3 Å². The fraction of sp³-hybridized carbons (Fsp3) is 0.556. The third-order valence-corrected chi connectivity index (χ3v) is 5.17. The molecule has 2 fully saturated rings. The smallest absolute Gasteiger partial charge is 0.333 e. The second-order valence-corrected chi connectivity index (χ2v) is 6.78. The number of amides is 2. The van der Waals surface area contributed by atoms with E-state index in [-0.39, 0.29) is 24.9 Å². The SMILES string of the molecule is NC[C@@H]1CN(C(=O)C(=O)N2CC[C@@H](OC(F)F)C2)C[C@H]1c1ccccc1. The van der Waals surface area contributed by atoms with Gasteiger partial charge in [0.15, 0.2) is 0 Å². The van der Waals surface area contributed by atoms with E-state index in [4.69, 9.17) is 5.73 Å². The lowest BCUT2D eigenvalue weighted by Crippen LogP contribution is -2.44. The molecule has 26 heavy (non-hydrogen) atoms. The maximum absolute atomic E-state index is 12.6. The first-order chi connectivity index (χ1) is 12.5. The van der Waals surface area contributed by atoms with Crippen LogP contribution in [0, 0.1) is 5.92 Å². The van der Waals surface area contributed by atoms with Gasteiger partial charge in [-0.15, -0.1) is 0 Å². The van der Waals surface area contributed by atoms with Crippen LogP contribution in [0.4, 0.5) is 8.78 Å². The Morgan fingerprint density at radius 2 is 1.81 bits per heavy atom. The van der Waals surface area contributed by atoms with Crippen LogP contribution in [0.3, 0.4) is 0 Å². The molecule has 2 heterocycles. The first kappa shape index (κ1) is 18.7. The van der Waals surface area contributed by atoms with Crippen molar-refractivity contribution in [3.05, 3.63) is 35.9 Å². The molecule has 3 atom stereocenters. The van der Waals surface area contributed by atoms with Crippen molar-refractivity contribution < 1.29 is 23.1 Å². The van der Waals surface area contributed by atoms with E-state index in [2.05, 4.69) is 4.74 Å². The van der Waals surface area contributed by atoms with Gasteiger partial charge in [0.25, 0.3) is 0 Å². The normalized spacial score (nSPS) is 25.9. The van der Waals surface area contributed by atoms with Crippen LogP contribution in [0.1, 0.15) is 17.9 Å². The summed E-state index contributed by atoms with van der Waals surface area (Å²) >= 11 is 0. The molecule has 0 spiro atoms. The second kappa shape index (κ2) is 8.09. The maximum Gasteiger partial charge on any atom is 0.345 e. The Bertz CT molecular complexity index is 644. The van der Waals surface area contributed by atoms with Crippen molar-refractivity contribution in [2.75, 3.05) is 32.7 Å². The first-order valence-corrected chi connectivity index (χ1v) is 8.76. The number of hydrogen-bond acceptors (Lipinski definition) is 4. The molecule has 2 N–H and O–H groups in total. The molecule has 2 aliphatic heterocycles. The standard InChI is InChI=1S/C18H23F2N3O3/c19-18(20)26-14-6-7-22(10-14)16(24)17(25)23-9-13(8-21)15(11-23)12-4-2-1-3-5-12/h1-5,13-15,18H,6-11,21H2/t13-,14-,15+/m1/s1. The Morgan fingerprint density at radius 1 is 1.12 bits per heavy atom. The summed E-state index contributed by atoms with van der Waals surface area (Å²) in [6.45, 7) is -1.33. The predicted molar refractivity (Wildman–Crippen MR) is 90.4 cm³/mol. The lowest BCUT2D eigenvalue weighted by molar-refractivity contribution is -0.162. The number of nitrogens with two attached hydrogens (primary N) is 1. The number of nitrogens with zero attached hydrogens (tertiary/aromatic N) is 2. The molecule has 0 saturated carbocycles. The minimum Gasteiger partial charge on any atom is -0.333 e. The van der Waals surface area contributed by atoms with E-state index in [1.54, 1.807) is 0 Å². The summed E-state index contributed by atoms with van der Waals surface area (Å²) in [6.07, 6.45) is -0.416. The van der Waals surface area contributed by atoms with E-state index in [9.17, 15) is 18.4 Å². The van der Waals surface area contributed by atoms with Crippen LogP contribution in [0.5, 0.6) is 0 Å².